The number of phenols is 1. The van der Waals surface area contributed by atoms with Gasteiger partial charge in [0.1, 0.15) is 34.2 Å². The number of phenolic OH excluding ortho intramolecular Hbond substituents is 1. The van der Waals surface area contributed by atoms with E-state index < -0.39 is 5.60 Å². The van der Waals surface area contributed by atoms with Crippen molar-refractivity contribution in [2.75, 3.05) is 6.61 Å². The first-order valence-corrected chi connectivity index (χ1v) is 9.27. The fraction of sp³-hybridized carbons (Fsp3) is 0.429. The molecule has 0 spiro atoms. The van der Waals surface area contributed by atoms with E-state index in [4.69, 9.17) is 13.9 Å². The molecule has 0 bridgehead atoms. The Morgan fingerprint density at radius 1 is 1.39 bits per heavy atom. The average Bonchev–Trinajstić information content (AvgIpc) is 3.09. The van der Waals surface area contributed by atoms with Gasteiger partial charge in [0.05, 0.1) is 12.7 Å². The number of aryl methyl sites for hydroxylation is 1. The number of hydrogen-bond donors (Lipinski definition) is 2. The van der Waals surface area contributed by atoms with Gasteiger partial charge in [-0.25, -0.2) is 0 Å². The number of amides is 1. The number of ketones is 1. The van der Waals surface area contributed by atoms with Crippen LogP contribution in [0.4, 0.5) is 0 Å². The fourth-order valence-electron chi connectivity index (χ4n) is 3.18. The van der Waals surface area contributed by atoms with E-state index in [1.165, 1.54) is 12.1 Å². The largest absolute Gasteiger partial charge is 0.507 e. The summed E-state index contributed by atoms with van der Waals surface area (Å²) in [5.74, 6) is 0.739. The summed E-state index contributed by atoms with van der Waals surface area (Å²) in [6, 6.07) is 6.54. The molecule has 1 aliphatic rings. The number of nitrogens with one attached hydrogen (secondary N) is 1. The number of rotatable bonds is 7. The van der Waals surface area contributed by atoms with Gasteiger partial charge in [-0.05, 0) is 39.3 Å². The van der Waals surface area contributed by atoms with Crippen LogP contribution >= 0.6 is 0 Å². The number of benzene rings is 1. The molecule has 0 saturated heterocycles. The van der Waals surface area contributed by atoms with Gasteiger partial charge < -0.3 is 24.3 Å². The van der Waals surface area contributed by atoms with Crippen molar-refractivity contribution >= 4 is 11.7 Å². The highest BCUT2D eigenvalue weighted by Crippen LogP contribution is 2.40. The van der Waals surface area contributed by atoms with Gasteiger partial charge in [0.25, 0.3) is 5.91 Å². The van der Waals surface area contributed by atoms with Crippen LogP contribution in [0.5, 0.6) is 17.2 Å². The Hall–Kier alpha value is -2.96. The van der Waals surface area contributed by atoms with Crippen molar-refractivity contribution in [1.82, 2.24) is 5.32 Å². The van der Waals surface area contributed by atoms with E-state index >= 15 is 0 Å². The standard InChI is InChI=1S/C21H25NO6/c1-13(6-7-14-5-4-8-26-14)22-19(25)12-27-15-9-16(23)20-17(24)11-21(2,3)28-18(20)10-15/h4-5,8-10,13,23H,6-7,11-12H2,1-3H3,(H,22,25)/t13-/m1/s1. The maximum atomic E-state index is 12.2. The molecule has 2 aromatic rings. The number of ether oxygens (including phenoxy) is 2. The lowest BCUT2D eigenvalue weighted by atomic mass is 9.92. The first-order chi connectivity index (χ1) is 13.2. The van der Waals surface area contributed by atoms with E-state index in [1.54, 1.807) is 20.1 Å². The molecular formula is C21H25NO6. The van der Waals surface area contributed by atoms with E-state index in [1.807, 2.05) is 19.1 Å². The number of hydrogen-bond acceptors (Lipinski definition) is 6. The quantitative estimate of drug-likeness (QED) is 0.757. The zero-order valence-electron chi connectivity index (χ0n) is 16.3. The van der Waals surface area contributed by atoms with E-state index in [0.29, 0.717) is 0 Å². The first kappa shape index (κ1) is 19.8. The molecular weight excluding hydrogens is 362 g/mol. The highest BCUT2D eigenvalue weighted by molar-refractivity contribution is 6.03. The minimum Gasteiger partial charge on any atom is -0.507 e. The molecule has 7 heteroatoms. The lowest BCUT2D eigenvalue weighted by Gasteiger charge is -2.32. The molecule has 0 fully saturated rings. The van der Waals surface area contributed by atoms with Crippen LogP contribution < -0.4 is 14.8 Å². The van der Waals surface area contributed by atoms with Crippen LogP contribution in [0, 0.1) is 0 Å². The summed E-state index contributed by atoms with van der Waals surface area (Å²) >= 11 is 0. The summed E-state index contributed by atoms with van der Waals surface area (Å²) in [7, 11) is 0. The van der Waals surface area contributed by atoms with Crippen molar-refractivity contribution < 1.29 is 28.6 Å². The normalized spacial score (nSPS) is 16.0. The van der Waals surface area contributed by atoms with Gasteiger partial charge in [-0.15, -0.1) is 0 Å². The first-order valence-electron chi connectivity index (χ1n) is 9.27. The number of Topliss-reactive ketones (excluding diaryl/α,β-unsaturated/α-hetero) is 1. The second-order valence-corrected chi connectivity index (χ2v) is 7.65. The Morgan fingerprint density at radius 3 is 2.89 bits per heavy atom. The highest BCUT2D eigenvalue weighted by Gasteiger charge is 2.35. The maximum Gasteiger partial charge on any atom is 0.258 e. The zero-order valence-corrected chi connectivity index (χ0v) is 16.3. The summed E-state index contributed by atoms with van der Waals surface area (Å²) in [4.78, 5) is 24.3. The third-order valence-electron chi connectivity index (χ3n) is 4.49. The molecule has 0 radical (unpaired) electrons. The van der Waals surface area contributed by atoms with Crippen LogP contribution in [0.25, 0.3) is 0 Å². The Labute approximate surface area is 163 Å². The molecule has 2 heterocycles. The van der Waals surface area contributed by atoms with E-state index in [9.17, 15) is 14.7 Å². The predicted molar refractivity (Wildman–Crippen MR) is 102 cm³/mol. The Kier molecular flexibility index (Phi) is 5.63. The molecule has 150 valence electrons. The second kappa shape index (κ2) is 7.96. The monoisotopic (exact) mass is 387 g/mol. The van der Waals surface area contributed by atoms with Crippen molar-refractivity contribution in [1.29, 1.82) is 0 Å². The molecule has 1 aromatic carbocycles. The number of fused-ring (bicyclic) bond motifs is 1. The van der Waals surface area contributed by atoms with Crippen LogP contribution in [0.2, 0.25) is 0 Å². The van der Waals surface area contributed by atoms with Crippen LogP contribution in [0.15, 0.2) is 34.9 Å². The van der Waals surface area contributed by atoms with Gasteiger partial charge >= 0.3 is 0 Å². The summed E-state index contributed by atoms with van der Waals surface area (Å²) in [6.07, 6.45) is 3.28. The number of carbonyl (C=O) groups excluding carboxylic acids is 2. The Morgan fingerprint density at radius 2 is 2.18 bits per heavy atom. The van der Waals surface area contributed by atoms with Crippen LogP contribution in [0.1, 0.15) is 49.7 Å². The van der Waals surface area contributed by atoms with Gasteiger partial charge in [0.15, 0.2) is 12.4 Å². The third kappa shape index (κ3) is 4.85. The van der Waals surface area contributed by atoms with E-state index in [-0.39, 0.29) is 53.6 Å². The van der Waals surface area contributed by atoms with Gasteiger partial charge in [0.2, 0.25) is 0 Å². The van der Waals surface area contributed by atoms with Crippen molar-refractivity contribution in [3.63, 3.8) is 0 Å². The summed E-state index contributed by atoms with van der Waals surface area (Å²) < 4.78 is 16.5. The summed E-state index contributed by atoms with van der Waals surface area (Å²) in [6.45, 7) is 5.31. The topological polar surface area (TPSA) is 98.0 Å². The number of aromatic hydroxyl groups is 1. The van der Waals surface area contributed by atoms with Gasteiger partial charge in [0, 0.05) is 24.6 Å². The van der Waals surface area contributed by atoms with Crippen molar-refractivity contribution in [3.8, 4) is 17.2 Å². The molecule has 2 N–H and O–H groups in total. The summed E-state index contributed by atoms with van der Waals surface area (Å²) in [5, 5.41) is 13.0. The number of furan rings is 1. The third-order valence-corrected chi connectivity index (χ3v) is 4.49. The van der Waals surface area contributed by atoms with Crippen LogP contribution in [-0.4, -0.2) is 35.0 Å². The Bertz CT molecular complexity index is 856. The van der Waals surface area contributed by atoms with Crippen LogP contribution in [0.3, 0.4) is 0 Å². The van der Waals surface area contributed by atoms with Crippen molar-refractivity contribution in [2.45, 2.75) is 51.7 Å². The molecule has 28 heavy (non-hydrogen) atoms. The van der Waals surface area contributed by atoms with Gasteiger partial charge in [-0.3, -0.25) is 9.59 Å². The lowest BCUT2D eigenvalue weighted by Crippen LogP contribution is -2.36. The SMILES string of the molecule is C[C@H](CCc1ccco1)NC(=O)COc1cc(O)c2c(c1)OC(C)(C)CC2=O. The number of carbonyl (C=O) groups is 2. The minimum absolute atomic E-state index is 0.0418. The molecule has 0 aliphatic carbocycles. The van der Waals surface area contributed by atoms with E-state index in [0.717, 1.165) is 18.6 Å². The smallest absolute Gasteiger partial charge is 0.258 e. The predicted octanol–water partition coefficient (Wildman–Crippen LogP) is 3.25. The van der Waals surface area contributed by atoms with Gasteiger partial charge in [-0.2, -0.15) is 0 Å². The van der Waals surface area contributed by atoms with Crippen molar-refractivity contribution in [2.24, 2.45) is 0 Å². The maximum absolute atomic E-state index is 12.2. The Balaban J connectivity index is 1.55. The molecule has 1 amide bonds. The van der Waals surface area contributed by atoms with Gasteiger partial charge in [-0.1, -0.05) is 0 Å². The molecule has 0 unspecified atom stereocenters. The highest BCUT2D eigenvalue weighted by atomic mass is 16.5. The van der Waals surface area contributed by atoms with Crippen LogP contribution in [-0.2, 0) is 11.2 Å². The molecule has 1 atom stereocenters. The second-order valence-electron chi connectivity index (χ2n) is 7.65. The molecule has 0 saturated carbocycles. The molecule has 7 nitrogen and oxygen atoms in total. The molecule has 1 aromatic heterocycles. The zero-order chi connectivity index (χ0) is 20.3. The fourth-order valence-corrected chi connectivity index (χ4v) is 3.18. The van der Waals surface area contributed by atoms with Crippen molar-refractivity contribution in [3.05, 3.63) is 41.9 Å². The average molecular weight is 387 g/mol. The molecule has 3 rings (SSSR count). The summed E-state index contributed by atoms with van der Waals surface area (Å²) in [5.41, 5.74) is -0.502. The minimum atomic E-state index is -0.657. The van der Waals surface area contributed by atoms with E-state index in [2.05, 4.69) is 5.32 Å². The molecule has 1 aliphatic heterocycles. The lowest BCUT2D eigenvalue weighted by molar-refractivity contribution is -0.123.